The lowest BCUT2D eigenvalue weighted by Gasteiger charge is -2.13. The zero-order valence-electron chi connectivity index (χ0n) is 16.5. The maximum absolute atomic E-state index is 14.7. The Labute approximate surface area is 181 Å². The molecule has 0 unspecified atom stereocenters. The summed E-state index contributed by atoms with van der Waals surface area (Å²) in [4.78, 5) is 17.5. The molecule has 31 heavy (non-hydrogen) atoms. The van der Waals surface area contributed by atoms with Gasteiger partial charge in [0.2, 0.25) is 9.84 Å². The number of nitrogens with one attached hydrogen (secondary N) is 1. The third-order valence-corrected chi connectivity index (χ3v) is 6.49. The van der Waals surface area contributed by atoms with Gasteiger partial charge in [0.1, 0.15) is 22.9 Å². The van der Waals surface area contributed by atoms with Gasteiger partial charge in [-0.3, -0.25) is 4.79 Å². The molecule has 2 aromatic carbocycles. The number of hydrogen-bond donors (Lipinski definition) is 1. The van der Waals surface area contributed by atoms with Crippen molar-refractivity contribution in [1.29, 1.82) is 0 Å². The summed E-state index contributed by atoms with van der Waals surface area (Å²) in [5.74, 6) is -1.83. The fourth-order valence-corrected chi connectivity index (χ4v) is 4.62. The Morgan fingerprint density at radius 3 is 2.61 bits per heavy atom. The minimum atomic E-state index is -3.83. The molecule has 0 bridgehead atoms. The van der Waals surface area contributed by atoms with Gasteiger partial charge in [0.05, 0.1) is 5.69 Å². The summed E-state index contributed by atoms with van der Waals surface area (Å²) < 4.78 is 45.1. The number of sulfone groups is 1. The fourth-order valence-electron chi connectivity index (χ4n) is 3.04. The van der Waals surface area contributed by atoms with Gasteiger partial charge in [0.15, 0.2) is 10.6 Å². The summed E-state index contributed by atoms with van der Waals surface area (Å²) in [6.45, 7) is 3.44. The van der Waals surface area contributed by atoms with Crippen LogP contribution in [-0.4, -0.2) is 30.1 Å². The van der Waals surface area contributed by atoms with Crippen molar-refractivity contribution in [2.45, 2.75) is 31.6 Å². The smallest absolute Gasteiger partial charge is 0.255 e. The minimum Gasteiger partial charge on any atom is -0.389 e. The number of aromatic nitrogens is 1. The van der Waals surface area contributed by atoms with E-state index in [0.29, 0.717) is 5.02 Å². The fraction of sp³-hybridized carbons (Fsp3) is 0.250. The van der Waals surface area contributed by atoms with Crippen LogP contribution in [0.4, 0.5) is 10.1 Å². The molecule has 0 fully saturated rings. The molecule has 3 aromatic rings. The topological polar surface area (TPSA) is 111 Å². The van der Waals surface area contributed by atoms with Gasteiger partial charge < -0.3 is 14.7 Å². The van der Waals surface area contributed by atoms with Crippen LogP contribution in [0.15, 0.2) is 46.1 Å². The molecule has 1 aliphatic heterocycles. The van der Waals surface area contributed by atoms with E-state index in [1.807, 2.05) is 0 Å². The second-order valence-electron chi connectivity index (χ2n) is 7.69. The quantitative estimate of drug-likeness (QED) is 0.615. The van der Waals surface area contributed by atoms with Crippen molar-refractivity contribution in [3.8, 4) is 0 Å². The van der Waals surface area contributed by atoms with Crippen molar-refractivity contribution < 1.29 is 27.0 Å². The lowest BCUT2D eigenvalue weighted by Crippen LogP contribution is -2.23. The van der Waals surface area contributed by atoms with Gasteiger partial charge in [0, 0.05) is 28.5 Å². The van der Waals surface area contributed by atoms with Crippen LogP contribution in [0.5, 0.6) is 0 Å². The number of halogens is 2. The molecule has 1 amide bonds. The van der Waals surface area contributed by atoms with Gasteiger partial charge >= 0.3 is 0 Å². The monoisotopic (exact) mass is 465 g/mol. The first kappa shape index (κ1) is 21.3. The van der Waals surface area contributed by atoms with E-state index in [0.717, 1.165) is 6.07 Å². The normalized spacial score (nSPS) is 15.5. The molecule has 4 rings (SSSR count). The molecule has 11 heteroatoms. The third-order valence-electron chi connectivity index (χ3n) is 4.65. The minimum absolute atomic E-state index is 0.0388. The van der Waals surface area contributed by atoms with E-state index >= 15 is 0 Å². The first-order valence-electron chi connectivity index (χ1n) is 9.17. The summed E-state index contributed by atoms with van der Waals surface area (Å²) in [5.41, 5.74) is -0.388. The van der Waals surface area contributed by atoms with Crippen LogP contribution in [0.3, 0.4) is 0 Å². The number of carbonyl (C=O) groups excluding carboxylic acids is 1. The Bertz CT molecular complexity index is 1320. The number of benzene rings is 2. The van der Waals surface area contributed by atoms with E-state index in [4.69, 9.17) is 21.0 Å². The molecule has 0 atom stereocenters. The van der Waals surface area contributed by atoms with Gasteiger partial charge in [-0.15, -0.1) is 0 Å². The van der Waals surface area contributed by atoms with Gasteiger partial charge in [-0.05, 0) is 44.2 Å². The maximum Gasteiger partial charge on any atom is 0.255 e. The van der Waals surface area contributed by atoms with Crippen LogP contribution in [0, 0.1) is 5.82 Å². The number of carbonyl (C=O) groups is 1. The highest BCUT2D eigenvalue weighted by Crippen LogP contribution is 2.30. The van der Waals surface area contributed by atoms with Gasteiger partial charge in [-0.1, -0.05) is 21.9 Å². The van der Waals surface area contributed by atoms with Crippen LogP contribution in [-0.2, 0) is 20.4 Å². The number of anilines is 1. The number of oxime groups is 1. The highest BCUT2D eigenvalue weighted by Gasteiger charge is 2.36. The predicted octanol–water partition coefficient (Wildman–Crippen LogP) is 4.30. The Morgan fingerprint density at radius 1 is 1.26 bits per heavy atom. The third kappa shape index (κ3) is 4.40. The van der Waals surface area contributed by atoms with Crippen LogP contribution in [0.2, 0.25) is 5.02 Å². The van der Waals surface area contributed by atoms with Gasteiger partial charge in [0.25, 0.3) is 5.91 Å². The Balaban J connectivity index is 1.58. The van der Waals surface area contributed by atoms with E-state index in [-0.39, 0.29) is 39.4 Å². The van der Waals surface area contributed by atoms with E-state index in [1.54, 1.807) is 26.0 Å². The molecule has 0 saturated carbocycles. The van der Waals surface area contributed by atoms with Crippen molar-refractivity contribution in [2.24, 2.45) is 5.16 Å². The van der Waals surface area contributed by atoms with E-state index in [1.165, 1.54) is 18.2 Å². The van der Waals surface area contributed by atoms with E-state index in [2.05, 4.69) is 15.6 Å². The van der Waals surface area contributed by atoms with Crippen molar-refractivity contribution in [3.63, 3.8) is 0 Å². The molecule has 8 nitrogen and oxygen atoms in total. The van der Waals surface area contributed by atoms with Crippen molar-refractivity contribution in [3.05, 3.63) is 58.5 Å². The van der Waals surface area contributed by atoms with Crippen molar-refractivity contribution in [1.82, 2.24) is 5.16 Å². The number of hydrogen-bond acceptors (Lipinski definition) is 7. The highest BCUT2D eigenvalue weighted by molar-refractivity contribution is 8.05. The predicted molar refractivity (Wildman–Crippen MR) is 113 cm³/mol. The molecular formula is C20H17ClFN3O5S. The average Bonchev–Trinajstić information content (AvgIpc) is 3.25. The Hall–Kier alpha value is -2.98. The zero-order valence-corrected chi connectivity index (χ0v) is 18.1. The summed E-state index contributed by atoms with van der Waals surface area (Å²) >= 11 is 5.80. The maximum atomic E-state index is 14.7. The molecule has 2 heterocycles. The molecule has 0 radical (unpaired) electrons. The molecule has 1 N–H and O–H groups in total. The number of amides is 1. The highest BCUT2D eigenvalue weighted by atomic mass is 35.5. The lowest BCUT2D eigenvalue weighted by molar-refractivity contribution is 0.0123. The summed E-state index contributed by atoms with van der Waals surface area (Å²) in [6, 6.07) is 8.41. The van der Waals surface area contributed by atoms with Crippen LogP contribution in [0.1, 0.15) is 36.3 Å². The summed E-state index contributed by atoms with van der Waals surface area (Å²) in [5, 5.41) is 10.4. The molecule has 0 spiro atoms. The molecule has 0 saturated heterocycles. The standard InChI is InChI=1S/C20H17ClFN3O5S/c1-20(2)9-18(25-30-20)31(27,28)10-16-13-7-14(22)15(8-17(13)29-24-16)23-19(26)11-3-5-12(21)6-4-11/h3-8H,9-10H2,1-2H3,(H,23,26). The van der Waals surface area contributed by atoms with E-state index in [9.17, 15) is 17.6 Å². The summed E-state index contributed by atoms with van der Waals surface area (Å²) in [6.07, 6.45) is 0.125. The SMILES string of the molecule is CC1(C)CC(S(=O)(=O)Cc2noc3cc(NC(=O)c4ccc(Cl)cc4)c(F)cc23)=NO1. The van der Waals surface area contributed by atoms with Crippen molar-refractivity contribution >= 4 is 49.0 Å². The number of rotatable bonds is 4. The lowest BCUT2D eigenvalue weighted by atomic mass is 10.1. The Morgan fingerprint density at radius 2 is 1.97 bits per heavy atom. The second kappa shape index (κ2) is 7.61. The molecule has 0 aliphatic carbocycles. The van der Waals surface area contributed by atoms with E-state index < -0.39 is 32.9 Å². The van der Waals surface area contributed by atoms with Gasteiger partial charge in [-0.25, -0.2) is 12.8 Å². The zero-order chi connectivity index (χ0) is 22.4. The average molecular weight is 466 g/mol. The molecular weight excluding hydrogens is 449 g/mol. The second-order valence-corrected chi connectivity index (χ2v) is 10.1. The van der Waals surface area contributed by atoms with Crippen LogP contribution < -0.4 is 5.32 Å². The van der Waals surface area contributed by atoms with Crippen LogP contribution >= 0.6 is 11.6 Å². The Kier molecular flexibility index (Phi) is 5.22. The van der Waals surface area contributed by atoms with Crippen molar-refractivity contribution in [2.75, 3.05) is 5.32 Å². The van der Waals surface area contributed by atoms with Crippen LogP contribution in [0.25, 0.3) is 11.0 Å². The first-order chi connectivity index (χ1) is 14.5. The summed E-state index contributed by atoms with van der Waals surface area (Å²) in [7, 11) is -3.83. The molecule has 162 valence electrons. The first-order valence-corrected chi connectivity index (χ1v) is 11.2. The number of fused-ring (bicyclic) bond motifs is 1. The largest absolute Gasteiger partial charge is 0.389 e. The molecule has 1 aliphatic rings. The van der Waals surface area contributed by atoms with Gasteiger partial charge in [-0.2, -0.15) is 0 Å². The number of nitrogens with zero attached hydrogens (tertiary/aromatic N) is 2. The molecule has 1 aromatic heterocycles.